The zero-order valence-electron chi connectivity index (χ0n) is 13.2. The highest BCUT2D eigenvalue weighted by atomic mass is 16.5. The van der Waals surface area contributed by atoms with Crippen molar-refractivity contribution < 1.29 is 19.1 Å². The average molecular weight is 327 g/mol. The predicted molar refractivity (Wildman–Crippen MR) is 88.9 cm³/mol. The van der Waals surface area contributed by atoms with E-state index in [1.807, 2.05) is 24.3 Å². The number of rotatable bonds is 4. The van der Waals surface area contributed by atoms with Gasteiger partial charge in [-0.1, -0.05) is 24.3 Å². The van der Waals surface area contributed by atoms with Crippen LogP contribution in [0.4, 0.5) is 10.5 Å². The number of hydrogen-bond donors (Lipinski definition) is 2. The molecule has 0 aromatic heterocycles. The monoisotopic (exact) mass is 327 g/mol. The first-order chi connectivity index (χ1) is 11.6. The third-order valence-corrected chi connectivity index (χ3v) is 3.88. The summed E-state index contributed by atoms with van der Waals surface area (Å²) in [6.45, 7) is 0.713. The Morgan fingerprint density at radius 1 is 1.25 bits per heavy atom. The zero-order chi connectivity index (χ0) is 17.1. The van der Waals surface area contributed by atoms with Crippen LogP contribution in [0.1, 0.15) is 10.4 Å². The lowest BCUT2D eigenvalue weighted by Crippen LogP contribution is -2.38. The quantitative estimate of drug-likeness (QED) is 0.833. The van der Waals surface area contributed by atoms with Crippen LogP contribution in [0.5, 0.6) is 0 Å². The van der Waals surface area contributed by atoms with Crippen LogP contribution in [0.3, 0.4) is 0 Å². The molecule has 1 aliphatic heterocycles. The fraction of sp³-hybridized carbons (Fsp3) is 0.235. The van der Waals surface area contributed by atoms with E-state index in [9.17, 15) is 14.4 Å². The van der Waals surface area contributed by atoms with Gasteiger partial charge in [0, 0.05) is 18.8 Å². The van der Waals surface area contributed by atoms with E-state index in [1.54, 1.807) is 12.1 Å². The molecule has 1 heterocycles. The van der Waals surface area contributed by atoms with Gasteiger partial charge in [0.2, 0.25) is 5.91 Å². The molecule has 7 heteroatoms. The van der Waals surface area contributed by atoms with E-state index in [0.717, 1.165) is 15.7 Å². The molecule has 1 aliphatic rings. The Bertz CT molecular complexity index is 819. The van der Waals surface area contributed by atoms with Crippen LogP contribution < -0.4 is 10.6 Å². The molecule has 0 atom stereocenters. The fourth-order valence-corrected chi connectivity index (χ4v) is 2.64. The van der Waals surface area contributed by atoms with E-state index in [1.165, 1.54) is 7.11 Å². The van der Waals surface area contributed by atoms with Crippen molar-refractivity contribution in [3.8, 4) is 0 Å². The molecule has 24 heavy (non-hydrogen) atoms. The summed E-state index contributed by atoms with van der Waals surface area (Å²) in [5, 5.41) is 7.35. The number of hydrogen-bond acceptors (Lipinski definition) is 5. The van der Waals surface area contributed by atoms with Crippen molar-refractivity contribution in [2.24, 2.45) is 0 Å². The molecular weight excluding hydrogens is 310 g/mol. The zero-order valence-corrected chi connectivity index (χ0v) is 13.2. The number of imide groups is 1. The molecule has 7 nitrogen and oxygen atoms in total. The van der Waals surface area contributed by atoms with Crippen LogP contribution in [0, 0.1) is 0 Å². The van der Waals surface area contributed by atoms with Crippen LogP contribution in [0.25, 0.3) is 10.8 Å². The molecule has 3 amide bonds. The lowest BCUT2D eigenvalue weighted by atomic mass is 10.0. The van der Waals surface area contributed by atoms with E-state index in [0.29, 0.717) is 24.3 Å². The molecule has 0 unspecified atom stereocenters. The molecular formula is C17H17N3O4. The van der Waals surface area contributed by atoms with Crippen LogP contribution in [0.15, 0.2) is 36.4 Å². The minimum atomic E-state index is -0.491. The molecule has 0 radical (unpaired) electrons. The second-order valence-electron chi connectivity index (χ2n) is 5.37. The fourth-order valence-electron chi connectivity index (χ4n) is 2.64. The average Bonchev–Trinajstić information content (AvgIpc) is 3.04. The number of ether oxygens (including phenoxy) is 1. The highest BCUT2D eigenvalue weighted by Gasteiger charge is 2.26. The van der Waals surface area contributed by atoms with Crippen molar-refractivity contribution in [1.82, 2.24) is 10.2 Å². The number of nitrogens with one attached hydrogen (secondary N) is 2. The number of amides is 3. The van der Waals surface area contributed by atoms with E-state index in [-0.39, 0.29) is 12.5 Å². The molecule has 124 valence electrons. The van der Waals surface area contributed by atoms with Crippen molar-refractivity contribution in [2.45, 2.75) is 0 Å². The van der Waals surface area contributed by atoms with Gasteiger partial charge >= 0.3 is 12.0 Å². The lowest BCUT2D eigenvalue weighted by Gasteiger charge is -2.15. The third kappa shape index (κ3) is 3.01. The van der Waals surface area contributed by atoms with E-state index >= 15 is 0 Å². The molecule has 3 rings (SSSR count). The number of carbonyl (C=O) groups excluding carboxylic acids is 3. The Hall–Kier alpha value is -3.09. The number of urea groups is 1. The Kier molecular flexibility index (Phi) is 4.33. The maximum atomic E-state index is 12.1. The summed E-state index contributed by atoms with van der Waals surface area (Å²) in [4.78, 5) is 36.8. The van der Waals surface area contributed by atoms with Crippen molar-refractivity contribution in [1.29, 1.82) is 0 Å². The number of benzene rings is 2. The minimum absolute atomic E-state index is 0.0875. The van der Waals surface area contributed by atoms with Gasteiger partial charge in [-0.25, -0.2) is 9.59 Å². The number of anilines is 1. The number of nitrogens with zero attached hydrogens (tertiary/aromatic N) is 1. The van der Waals surface area contributed by atoms with Gasteiger partial charge in [-0.3, -0.25) is 9.69 Å². The molecule has 0 aliphatic carbocycles. The Morgan fingerprint density at radius 3 is 2.58 bits per heavy atom. The molecule has 1 saturated heterocycles. The second kappa shape index (κ2) is 6.57. The normalized spacial score (nSPS) is 13.7. The standard InChI is InChI=1S/C17H17N3O4/c1-24-16(22)13-8-11-4-2-3-5-12(11)9-14(13)19-10-15(21)20-7-6-18-17(20)23/h2-5,8-9,19H,6-7,10H2,1H3,(H,18,23). The molecule has 0 saturated carbocycles. The molecule has 1 fully saturated rings. The molecule has 0 bridgehead atoms. The lowest BCUT2D eigenvalue weighted by molar-refractivity contribution is -0.125. The number of fused-ring (bicyclic) bond motifs is 1. The SMILES string of the molecule is COC(=O)c1cc2ccccc2cc1NCC(=O)N1CCNC1=O. The summed E-state index contributed by atoms with van der Waals surface area (Å²) in [5.74, 6) is -0.844. The summed E-state index contributed by atoms with van der Waals surface area (Å²) in [5.41, 5.74) is 0.836. The van der Waals surface area contributed by atoms with Gasteiger partial charge in [-0.2, -0.15) is 0 Å². The molecule has 2 N–H and O–H groups in total. The third-order valence-electron chi connectivity index (χ3n) is 3.88. The van der Waals surface area contributed by atoms with Gasteiger partial charge in [0.15, 0.2) is 0 Å². The first-order valence-corrected chi connectivity index (χ1v) is 7.53. The van der Waals surface area contributed by atoms with Crippen LogP contribution >= 0.6 is 0 Å². The van der Waals surface area contributed by atoms with Crippen molar-refractivity contribution >= 4 is 34.4 Å². The van der Waals surface area contributed by atoms with Crippen molar-refractivity contribution in [3.05, 3.63) is 42.0 Å². The van der Waals surface area contributed by atoms with Gasteiger partial charge in [-0.05, 0) is 22.9 Å². The van der Waals surface area contributed by atoms with Crippen LogP contribution in [-0.4, -0.2) is 49.6 Å². The highest BCUT2D eigenvalue weighted by molar-refractivity contribution is 6.03. The van der Waals surface area contributed by atoms with Crippen LogP contribution in [-0.2, 0) is 9.53 Å². The minimum Gasteiger partial charge on any atom is -0.465 e. The Balaban J connectivity index is 1.85. The number of methoxy groups -OCH3 is 1. The summed E-state index contributed by atoms with van der Waals surface area (Å²) >= 11 is 0. The number of carbonyl (C=O) groups is 3. The number of esters is 1. The summed E-state index contributed by atoms with van der Waals surface area (Å²) in [7, 11) is 1.31. The molecule has 0 spiro atoms. The summed E-state index contributed by atoms with van der Waals surface area (Å²) < 4.78 is 4.81. The Labute approximate surface area is 138 Å². The summed E-state index contributed by atoms with van der Waals surface area (Å²) in [6.07, 6.45) is 0. The first kappa shape index (κ1) is 15.8. The van der Waals surface area contributed by atoms with Gasteiger partial charge in [0.1, 0.15) is 0 Å². The van der Waals surface area contributed by atoms with Gasteiger partial charge in [0.25, 0.3) is 0 Å². The van der Waals surface area contributed by atoms with E-state index in [4.69, 9.17) is 4.74 Å². The maximum absolute atomic E-state index is 12.1. The summed E-state index contributed by atoms with van der Waals surface area (Å²) in [6, 6.07) is 10.7. The first-order valence-electron chi connectivity index (χ1n) is 7.53. The van der Waals surface area contributed by atoms with Gasteiger partial charge in [-0.15, -0.1) is 0 Å². The van der Waals surface area contributed by atoms with Crippen molar-refractivity contribution in [2.75, 3.05) is 32.1 Å². The van der Waals surface area contributed by atoms with Gasteiger partial charge in [0.05, 0.1) is 19.2 Å². The van der Waals surface area contributed by atoms with E-state index < -0.39 is 12.0 Å². The second-order valence-corrected chi connectivity index (χ2v) is 5.37. The molecule has 2 aromatic rings. The smallest absolute Gasteiger partial charge is 0.339 e. The van der Waals surface area contributed by atoms with Crippen LogP contribution in [0.2, 0.25) is 0 Å². The Morgan fingerprint density at radius 2 is 1.96 bits per heavy atom. The van der Waals surface area contributed by atoms with Gasteiger partial charge < -0.3 is 15.4 Å². The van der Waals surface area contributed by atoms with E-state index in [2.05, 4.69) is 10.6 Å². The highest BCUT2D eigenvalue weighted by Crippen LogP contribution is 2.25. The predicted octanol–water partition coefficient (Wildman–Crippen LogP) is 1.59. The largest absolute Gasteiger partial charge is 0.465 e. The maximum Gasteiger partial charge on any atom is 0.339 e. The van der Waals surface area contributed by atoms with Crippen molar-refractivity contribution in [3.63, 3.8) is 0 Å². The molecule has 2 aromatic carbocycles. The topological polar surface area (TPSA) is 87.7 Å².